The van der Waals surface area contributed by atoms with Gasteiger partial charge in [0.25, 0.3) is 5.91 Å². The molecule has 1 aromatic heterocycles. The highest BCUT2D eigenvalue weighted by Gasteiger charge is 2.57. The van der Waals surface area contributed by atoms with Gasteiger partial charge in [-0.25, -0.2) is 0 Å². The van der Waals surface area contributed by atoms with Crippen LogP contribution in [0, 0.1) is 0 Å². The monoisotopic (exact) mass is 488 g/mol. The number of amides is 1. The molecule has 0 bridgehead atoms. The molecule has 35 heavy (non-hydrogen) atoms. The number of hydrogen-bond acceptors (Lipinski definition) is 4. The number of nitrogens with one attached hydrogen (secondary N) is 1. The van der Waals surface area contributed by atoms with E-state index in [0.717, 1.165) is 53.8 Å². The number of rotatable bonds is 5. The highest BCUT2D eigenvalue weighted by molar-refractivity contribution is 6.31. The lowest BCUT2D eigenvalue weighted by Crippen LogP contribution is -2.52. The van der Waals surface area contributed by atoms with Crippen molar-refractivity contribution in [2.45, 2.75) is 31.3 Å². The number of aromatic nitrogens is 1. The lowest BCUT2D eigenvalue weighted by Gasteiger charge is -2.44. The molecule has 6 nitrogen and oxygen atoms in total. The number of aromatic hydroxyl groups is 1. The highest BCUT2D eigenvalue weighted by atomic mass is 35.5. The molecule has 0 saturated carbocycles. The molecular weight excluding hydrogens is 460 g/mol. The Morgan fingerprint density at radius 3 is 2.74 bits per heavy atom. The zero-order valence-electron chi connectivity index (χ0n) is 19.8. The van der Waals surface area contributed by atoms with Gasteiger partial charge in [0.05, 0.1) is 6.04 Å². The quantitative estimate of drug-likeness (QED) is 0.506. The average molecular weight is 489 g/mol. The summed E-state index contributed by atoms with van der Waals surface area (Å²) in [4.78, 5) is 24.0. The predicted molar refractivity (Wildman–Crippen MR) is 138 cm³/mol. The van der Waals surface area contributed by atoms with Gasteiger partial charge in [0, 0.05) is 54.2 Å². The summed E-state index contributed by atoms with van der Waals surface area (Å²) in [5, 5.41) is 12.0. The van der Waals surface area contributed by atoms with E-state index in [1.165, 1.54) is 0 Å². The Kier molecular flexibility index (Phi) is 5.20. The second-order valence-electron chi connectivity index (χ2n) is 9.98. The van der Waals surface area contributed by atoms with E-state index in [1.807, 2.05) is 42.2 Å². The molecule has 3 aromatic rings. The molecule has 4 heterocycles. The Morgan fingerprint density at radius 2 is 1.97 bits per heavy atom. The molecule has 0 unspecified atom stereocenters. The predicted octanol–water partition coefficient (Wildman–Crippen LogP) is 4.81. The zero-order valence-corrected chi connectivity index (χ0v) is 20.6. The summed E-state index contributed by atoms with van der Waals surface area (Å²) in [6.45, 7) is 9.96. The molecule has 2 aromatic carbocycles. The second-order valence-corrected chi connectivity index (χ2v) is 10.4. The summed E-state index contributed by atoms with van der Waals surface area (Å²) in [5.41, 5.74) is 3.23. The fourth-order valence-electron chi connectivity index (χ4n) is 6.06. The van der Waals surface area contributed by atoms with Crippen LogP contribution in [0.1, 0.15) is 36.2 Å². The minimum atomic E-state index is -0.785. The first-order valence-electron chi connectivity index (χ1n) is 12.1. The summed E-state index contributed by atoms with van der Waals surface area (Å²) in [6, 6.07) is 12.8. The number of hydrogen-bond donors (Lipinski definition) is 2. The normalized spacial score (nSPS) is 24.0. The van der Waals surface area contributed by atoms with Gasteiger partial charge < -0.3 is 15.0 Å². The van der Waals surface area contributed by atoms with Crippen molar-refractivity contribution in [3.05, 3.63) is 88.9 Å². The molecule has 7 heteroatoms. The lowest BCUT2D eigenvalue weighted by molar-refractivity contribution is -0.133. The van der Waals surface area contributed by atoms with Crippen molar-refractivity contribution in [2.75, 3.05) is 26.2 Å². The van der Waals surface area contributed by atoms with Crippen LogP contribution < -0.4 is 0 Å². The maximum atomic E-state index is 14.0. The maximum absolute atomic E-state index is 14.0. The van der Waals surface area contributed by atoms with Crippen molar-refractivity contribution in [2.24, 2.45) is 0 Å². The molecule has 1 fully saturated rings. The van der Waals surface area contributed by atoms with Crippen LogP contribution in [0.5, 0.6) is 5.75 Å². The number of H-pyrrole nitrogens is 1. The van der Waals surface area contributed by atoms with Crippen molar-refractivity contribution in [3.8, 4) is 5.75 Å². The van der Waals surface area contributed by atoms with Gasteiger partial charge in [-0.1, -0.05) is 42.5 Å². The molecule has 3 aliphatic heterocycles. The smallest absolute Gasteiger partial charge is 0.254 e. The van der Waals surface area contributed by atoms with Crippen LogP contribution in [0.2, 0.25) is 5.02 Å². The van der Waals surface area contributed by atoms with E-state index >= 15 is 0 Å². The van der Waals surface area contributed by atoms with Gasteiger partial charge in [0.2, 0.25) is 0 Å². The number of fused-ring (bicyclic) bond motifs is 4. The summed E-state index contributed by atoms with van der Waals surface area (Å²) in [7, 11) is 0. The molecule has 2 atom stereocenters. The molecule has 0 radical (unpaired) electrons. The van der Waals surface area contributed by atoms with Crippen molar-refractivity contribution >= 4 is 28.4 Å². The molecule has 3 aliphatic rings. The summed E-state index contributed by atoms with van der Waals surface area (Å²) < 4.78 is 0. The Balaban J connectivity index is 1.42. The Hall–Kier alpha value is -3.22. The largest absolute Gasteiger partial charge is 0.508 e. The van der Waals surface area contributed by atoms with Gasteiger partial charge >= 0.3 is 0 Å². The van der Waals surface area contributed by atoms with E-state index in [-0.39, 0.29) is 17.7 Å². The Bertz CT molecular complexity index is 1370. The third-order valence-corrected chi connectivity index (χ3v) is 7.95. The number of phenols is 1. The number of phenolic OH excluding ortho intramolecular Hbond substituents is 1. The third kappa shape index (κ3) is 3.46. The van der Waals surface area contributed by atoms with Crippen LogP contribution in [-0.2, 0) is 11.2 Å². The summed E-state index contributed by atoms with van der Waals surface area (Å²) in [6.07, 6.45) is 5.82. The van der Waals surface area contributed by atoms with E-state index in [0.29, 0.717) is 23.8 Å². The van der Waals surface area contributed by atoms with E-state index in [9.17, 15) is 9.90 Å². The van der Waals surface area contributed by atoms with Crippen molar-refractivity contribution in [1.29, 1.82) is 0 Å². The fraction of sp³-hybridized carbons (Fsp3) is 0.321. The molecule has 0 aliphatic carbocycles. The maximum Gasteiger partial charge on any atom is 0.254 e. The Labute approximate surface area is 210 Å². The Morgan fingerprint density at radius 1 is 1.17 bits per heavy atom. The highest BCUT2D eigenvalue weighted by Crippen LogP contribution is 2.51. The van der Waals surface area contributed by atoms with Gasteiger partial charge in [-0.15, -0.1) is 0 Å². The van der Waals surface area contributed by atoms with Crippen LogP contribution >= 0.6 is 11.6 Å². The second kappa shape index (κ2) is 8.18. The number of halogens is 1. The molecule has 2 N–H and O–H groups in total. The van der Waals surface area contributed by atoms with Crippen molar-refractivity contribution in [1.82, 2.24) is 19.7 Å². The number of benzene rings is 2. The average Bonchev–Trinajstić information content (AvgIpc) is 3.51. The van der Waals surface area contributed by atoms with E-state index in [2.05, 4.69) is 33.5 Å². The standard InChI is InChI=1S/C28H29ClN4O2/c1-18-32(14-6-13-31-11-3-4-12-31)27(35)28(2)17-23-22-16-20(29)9-10-24(22)30-25(23)26(33(18)28)19-7-5-8-21(34)15-19/h3-5,7-10,15-16,26,30,34H,1,6,11-14,17H2,2H3/t26-,28+/m1/s1. The van der Waals surface area contributed by atoms with Crippen molar-refractivity contribution in [3.63, 3.8) is 0 Å². The summed E-state index contributed by atoms with van der Waals surface area (Å²) in [5.74, 6) is 0.990. The van der Waals surface area contributed by atoms with E-state index in [1.54, 1.807) is 12.1 Å². The SMILES string of the molecule is C=C1N(CCCN2CC=CC2)C(=O)[C@]2(C)Cc3c([nH]c4ccc(Cl)cc34)[C@@H](c3cccc(O)c3)N12. The van der Waals surface area contributed by atoms with Crippen LogP contribution in [0.15, 0.2) is 67.0 Å². The number of nitrogens with zero attached hydrogens (tertiary/aromatic N) is 3. The number of carbonyl (C=O) groups excluding carboxylic acids is 1. The molecule has 180 valence electrons. The van der Waals surface area contributed by atoms with Crippen LogP contribution in [0.4, 0.5) is 0 Å². The fourth-order valence-corrected chi connectivity index (χ4v) is 6.23. The van der Waals surface area contributed by atoms with Crippen LogP contribution in [-0.4, -0.2) is 62.4 Å². The van der Waals surface area contributed by atoms with Crippen LogP contribution in [0.3, 0.4) is 0 Å². The van der Waals surface area contributed by atoms with Gasteiger partial charge in [-0.05, 0) is 54.8 Å². The topological polar surface area (TPSA) is 62.8 Å². The molecular formula is C28H29ClN4O2. The van der Waals surface area contributed by atoms with Gasteiger partial charge in [-0.3, -0.25) is 14.6 Å². The number of carbonyl (C=O) groups is 1. The molecule has 1 amide bonds. The first-order valence-corrected chi connectivity index (χ1v) is 12.5. The van der Waals surface area contributed by atoms with E-state index in [4.69, 9.17) is 11.6 Å². The minimum absolute atomic E-state index is 0.0780. The van der Waals surface area contributed by atoms with Gasteiger partial charge in [0.1, 0.15) is 17.1 Å². The number of aromatic amines is 1. The molecule has 1 saturated heterocycles. The lowest BCUT2D eigenvalue weighted by atomic mass is 9.81. The first kappa shape index (κ1) is 22.3. The molecule has 6 rings (SSSR count). The van der Waals surface area contributed by atoms with Gasteiger partial charge in [0.15, 0.2) is 0 Å². The molecule has 0 spiro atoms. The summed E-state index contributed by atoms with van der Waals surface area (Å²) >= 11 is 6.37. The minimum Gasteiger partial charge on any atom is -0.508 e. The van der Waals surface area contributed by atoms with Gasteiger partial charge in [-0.2, -0.15) is 0 Å². The van der Waals surface area contributed by atoms with Crippen molar-refractivity contribution < 1.29 is 9.90 Å². The first-order chi connectivity index (χ1) is 16.9. The zero-order chi connectivity index (χ0) is 24.3. The van der Waals surface area contributed by atoms with E-state index < -0.39 is 5.54 Å². The van der Waals surface area contributed by atoms with Crippen LogP contribution in [0.25, 0.3) is 10.9 Å². The third-order valence-electron chi connectivity index (χ3n) is 7.72.